The van der Waals surface area contributed by atoms with Crippen LogP contribution in [0.3, 0.4) is 0 Å². The lowest BCUT2D eigenvalue weighted by Crippen LogP contribution is -2.40. The van der Waals surface area contributed by atoms with Gasteiger partial charge in [0.05, 0.1) is 37.0 Å². The molecule has 3 N–H and O–H groups in total. The van der Waals surface area contributed by atoms with Crippen LogP contribution in [0.4, 0.5) is 5.69 Å². The number of nitrogen functional groups attached to an aromatic ring is 1. The topological polar surface area (TPSA) is 181 Å². The van der Waals surface area contributed by atoms with E-state index in [0.29, 0.717) is 10.7 Å². The lowest BCUT2D eigenvalue weighted by Gasteiger charge is -2.25. The van der Waals surface area contributed by atoms with Gasteiger partial charge in [0, 0.05) is 38.3 Å². The SMILES string of the molecule is CC(=O)OC[C@H](CN(C)C(=O)c1c(I)c(N)c(I)c(C(=O)NC[C@@H](COC(C)=O)OC(C)=O)c1I)OC(C)=O. The van der Waals surface area contributed by atoms with E-state index in [0.717, 1.165) is 0 Å². The molecular formula is C23H28I3N3O10. The Hall–Kier alpha value is -1.97. The van der Waals surface area contributed by atoms with Crippen molar-refractivity contribution in [1.82, 2.24) is 10.2 Å². The fourth-order valence-corrected chi connectivity index (χ4v) is 7.21. The van der Waals surface area contributed by atoms with Crippen LogP contribution in [0.15, 0.2) is 0 Å². The highest BCUT2D eigenvalue weighted by molar-refractivity contribution is 14.1. The summed E-state index contributed by atoms with van der Waals surface area (Å²) in [6, 6.07) is 0. The van der Waals surface area contributed by atoms with Crippen molar-refractivity contribution in [3.8, 4) is 0 Å². The molecule has 0 saturated carbocycles. The fourth-order valence-electron chi connectivity index (χ4n) is 3.09. The molecule has 0 aliphatic carbocycles. The van der Waals surface area contributed by atoms with Gasteiger partial charge in [-0.25, -0.2) is 0 Å². The zero-order valence-electron chi connectivity index (χ0n) is 21.7. The van der Waals surface area contributed by atoms with E-state index >= 15 is 0 Å². The van der Waals surface area contributed by atoms with Crippen LogP contribution in [0.2, 0.25) is 0 Å². The second kappa shape index (κ2) is 16.3. The molecule has 0 bridgehead atoms. The van der Waals surface area contributed by atoms with Crippen molar-refractivity contribution >= 4 is 109 Å². The first-order valence-electron chi connectivity index (χ1n) is 11.2. The molecule has 0 fully saturated rings. The molecule has 1 rings (SSSR count). The number of carbonyl (C=O) groups is 6. The molecule has 0 saturated heterocycles. The van der Waals surface area contributed by atoms with Crippen LogP contribution in [-0.2, 0) is 38.1 Å². The van der Waals surface area contributed by atoms with E-state index in [-0.39, 0.29) is 43.1 Å². The summed E-state index contributed by atoms with van der Waals surface area (Å²) in [6.45, 7) is 3.99. The third kappa shape index (κ3) is 11.2. The van der Waals surface area contributed by atoms with Gasteiger partial charge in [-0.05, 0) is 67.8 Å². The average molecular weight is 887 g/mol. The van der Waals surface area contributed by atoms with Gasteiger partial charge in [0.1, 0.15) is 13.2 Å². The second-order valence-electron chi connectivity index (χ2n) is 8.07. The molecule has 1 aromatic rings. The van der Waals surface area contributed by atoms with E-state index in [1.165, 1.54) is 39.6 Å². The summed E-state index contributed by atoms with van der Waals surface area (Å²) in [6.07, 6.45) is -1.86. The number of nitrogens with one attached hydrogen (secondary N) is 1. The molecular weight excluding hydrogens is 859 g/mol. The Morgan fingerprint density at radius 1 is 0.769 bits per heavy atom. The van der Waals surface area contributed by atoms with Gasteiger partial charge in [0.2, 0.25) is 0 Å². The van der Waals surface area contributed by atoms with E-state index in [9.17, 15) is 28.8 Å². The van der Waals surface area contributed by atoms with Crippen molar-refractivity contribution in [1.29, 1.82) is 0 Å². The van der Waals surface area contributed by atoms with Crippen molar-refractivity contribution in [3.05, 3.63) is 21.8 Å². The molecule has 16 heteroatoms. The second-order valence-corrected chi connectivity index (χ2v) is 11.3. The number of amides is 2. The number of rotatable bonds is 12. The van der Waals surface area contributed by atoms with Gasteiger partial charge in [0.15, 0.2) is 12.2 Å². The molecule has 0 aliphatic heterocycles. The number of hydrogen-bond acceptors (Lipinski definition) is 11. The maximum absolute atomic E-state index is 13.5. The van der Waals surface area contributed by atoms with Gasteiger partial charge >= 0.3 is 23.9 Å². The standard InChI is InChI=1S/C23H28I3N3O10/c1-10(30)36-8-14(38-12(3)32)6-28-22(34)16-18(24)17(20(26)21(27)19(16)25)23(35)29(5)7-15(39-13(4)33)9-37-11(2)31/h14-15H,6-9,27H2,1-5H3,(H,28,34)/t14-,15-/m0/s1. The summed E-state index contributed by atoms with van der Waals surface area (Å²) in [5.41, 5.74) is 6.72. The van der Waals surface area contributed by atoms with Crippen molar-refractivity contribution in [2.24, 2.45) is 0 Å². The van der Waals surface area contributed by atoms with Crippen LogP contribution in [-0.4, -0.2) is 86.2 Å². The fraction of sp³-hybridized carbons (Fsp3) is 0.478. The van der Waals surface area contributed by atoms with Gasteiger partial charge in [-0.1, -0.05) is 0 Å². The number of halogens is 3. The number of carbonyl (C=O) groups excluding carboxylic acids is 6. The third-order valence-corrected chi connectivity index (χ3v) is 8.04. The molecule has 216 valence electrons. The Kier molecular flexibility index (Phi) is 14.7. The van der Waals surface area contributed by atoms with E-state index in [4.69, 9.17) is 24.7 Å². The highest BCUT2D eigenvalue weighted by atomic mass is 127. The van der Waals surface area contributed by atoms with Crippen LogP contribution >= 0.6 is 67.8 Å². The van der Waals surface area contributed by atoms with Crippen LogP contribution in [0.25, 0.3) is 0 Å². The highest BCUT2D eigenvalue weighted by Crippen LogP contribution is 2.34. The van der Waals surface area contributed by atoms with Gasteiger partial charge in [-0.15, -0.1) is 0 Å². The molecule has 0 aromatic heterocycles. The Balaban J connectivity index is 3.27. The summed E-state index contributed by atoms with van der Waals surface area (Å²) >= 11 is 5.68. The predicted octanol–water partition coefficient (Wildman–Crippen LogP) is 1.87. The van der Waals surface area contributed by atoms with E-state index in [2.05, 4.69) is 5.32 Å². The molecule has 39 heavy (non-hydrogen) atoms. The molecule has 13 nitrogen and oxygen atoms in total. The normalized spacial score (nSPS) is 12.0. The van der Waals surface area contributed by atoms with E-state index in [1.807, 2.05) is 67.8 Å². The number of nitrogens with zero attached hydrogens (tertiary/aromatic N) is 1. The Morgan fingerprint density at radius 3 is 1.72 bits per heavy atom. The average Bonchev–Trinajstić information content (AvgIpc) is 2.82. The molecule has 0 aliphatic rings. The van der Waals surface area contributed by atoms with Crippen molar-refractivity contribution in [2.45, 2.75) is 39.9 Å². The number of esters is 4. The minimum absolute atomic E-state index is 0.106. The largest absolute Gasteiger partial charge is 0.462 e. The Morgan fingerprint density at radius 2 is 1.23 bits per heavy atom. The minimum Gasteiger partial charge on any atom is -0.462 e. The summed E-state index contributed by atoms with van der Waals surface area (Å²) in [7, 11) is 1.46. The molecule has 2 amide bonds. The first-order chi connectivity index (χ1) is 18.1. The number of anilines is 1. The minimum atomic E-state index is -0.936. The monoisotopic (exact) mass is 887 g/mol. The quantitative estimate of drug-likeness (QED) is 0.136. The smallest absolute Gasteiger partial charge is 0.303 e. The van der Waals surface area contributed by atoms with Gasteiger partial charge in [-0.2, -0.15) is 0 Å². The molecule has 0 spiro atoms. The number of likely N-dealkylation sites (N-methyl/N-ethyl adjacent to an activating group) is 1. The summed E-state index contributed by atoms with van der Waals surface area (Å²) in [4.78, 5) is 73.2. The number of nitrogens with two attached hydrogens (primary N) is 1. The van der Waals surface area contributed by atoms with Gasteiger partial charge in [-0.3, -0.25) is 28.8 Å². The van der Waals surface area contributed by atoms with Crippen LogP contribution < -0.4 is 11.1 Å². The van der Waals surface area contributed by atoms with Crippen LogP contribution in [0.5, 0.6) is 0 Å². The van der Waals surface area contributed by atoms with E-state index in [1.54, 1.807) is 0 Å². The van der Waals surface area contributed by atoms with Crippen molar-refractivity contribution < 1.29 is 47.7 Å². The van der Waals surface area contributed by atoms with Gasteiger partial charge in [0.25, 0.3) is 11.8 Å². The number of hydrogen-bond donors (Lipinski definition) is 2. The van der Waals surface area contributed by atoms with E-state index < -0.39 is 47.9 Å². The third-order valence-electron chi connectivity index (χ3n) is 4.72. The summed E-state index contributed by atoms with van der Waals surface area (Å²) in [5.74, 6) is -3.51. The van der Waals surface area contributed by atoms with Gasteiger partial charge < -0.3 is 34.9 Å². The zero-order valence-corrected chi connectivity index (χ0v) is 28.2. The van der Waals surface area contributed by atoms with Crippen LogP contribution in [0.1, 0.15) is 48.4 Å². The van der Waals surface area contributed by atoms with Crippen molar-refractivity contribution in [2.75, 3.05) is 39.1 Å². The Bertz CT molecular complexity index is 1150. The number of ether oxygens (including phenoxy) is 4. The molecule has 1 aromatic carbocycles. The molecule has 0 unspecified atom stereocenters. The maximum Gasteiger partial charge on any atom is 0.303 e. The molecule has 2 atom stereocenters. The summed E-state index contributed by atoms with van der Waals surface area (Å²) in [5, 5.41) is 2.63. The maximum atomic E-state index is 13.5. The number of benzene rings is 1. The molecule has 0 radical (unpaired) electrons. The highest BCUT2D eigenvalue weighted by Gasteiger charge is 2.30. The lowest BCUT2D eigenvalue weighted by molar-refractivity contribution is -0.156. The van der Waals surface area contributed by atoms with Crippen LogP contribution in [0, 0.1) is 10.7 Å². The Labute approximate surface area is 265 Å². The predicted molar refractivity (Wildman–Crippen MR) is 163 cm³/mol. The first kappa shape index (κ1) is 35.1. The first-order valence-corrected chi connectivity index (χ1v) is 14.4. The zero-order chi connectivity index (χ0) is 30.0. The summed E-state index contributed by atoms with van der Waals surface area (Å²) < 4.78 is 21.2. The van der Waals surface area contributed by atoms with Crippen molar-refractivity contribution in [3.63, 3.8) is 0 Å². The lowest BCUT2D eigenvalue weighted by atomic mass is 10.1. The molecule has 0 heterocycles.